The molecule has 3 heteroatoms. The molecule has 3 rings (SSSR count). The minimum absolute atomic E-state index is 0. The Morgan fingerprint density at radius 3 is 1.21 bits per heavy atom. The molecule has 0 unspecified atom stereocenters. The first-order valence-electron chi connectivity index (χ1n) is 7.89. The van der Waals surface area contributed by atoms with Crippen LogP contribution in [-0.4, -0.2) is 0 Å². The average Bonchev–Trinajstić information content (AvgIpc) is 3.01. The van der Waals surface area contributed by atoms with Crippen LogP contribution in [0.2, 0.25) is 0 Å². The Morgan fingerprint density at radius 2 is 1.12 bits per heavy atom. The maximum Gasteiger partial charge on any atom is 4.00 e. The van der Waals surface area contributed by atoms with E-state index in [1.165, 1.54) is 54.4 Å². The minimum atomic E-state index is 0. The van der Waals surface area contributed by atoms with Crippen LogP contribution in [0.5, 0.6) is 0 Å². The van der Waals surface area contributed by atoms with Crippen molar-refractivity contribution in [1.29, 1.82) is 0 Å². The molecule has 3 aliphatic carbocycles. The van der Waals surface area contributed by atoms with Crippen molar-refractivity contribution in [2.24, 2.45) is 0 Å². The predicted molar refractivity (Wildman–Crippen MR) is 110 cm³/mol. The van der Waals surface area contributed by atoms with E-state index in [-0.39, 0.29) is 58.4 Å². The van der Waals surface area contributed by atoms with Crippen molar-refractivity contribution >= 4 is 24.8 Å². The van der Waals surface area contributed by atoms with Crippen molar-refractivity contribution in [2.45, 2.75) is 72.6 Å². The molecular formula is C21H34Cl2Zr. The van der Waals surface area contributed by atoms with Crippen molar-refractivity contribution in [3.63, 3.8) is 0 Å². The molecule has 0 aromatic carbocycles. The zero-order chi connectivity index (χ0) is 14.8. The zero-order valence-corrected chi connectivity index (χ0v) is 20.1. The predicted octanol–water partition coefficient (Wildman–Crippen LogP) is 7.62. The van der Waals surface area contributed by atoms with Gasteiger partial charge in [-0.2, -0.15) is 24.0 Å². The summed E-state index contributed by atoms with van der Waals surface area (Å²) in [7, 11) is 0. The normalized spacial score (nSPS) is 17.2. The van der Waals surface area contributed by atoms with Crippen molar-refractivity contribution < 1.29 is 26.2 Å². The van der Waals surface area contributed by atoms with Gasteiger partial charge in [0.05, 0.1) is 0 Å². The van der Waals surface area contributed by atoms with Gasteiger partial charge in [0.2, 0.25) is 0 Å². The van der Waals surface area contributed by atoms with Crippen molar-refractivity contribution in [3.8, 4) is 0 Å². The third-order valence-electron chi connectivity index (χ3n) is 3.53. The standard InChI is InChI=1S/2C7H9.C6H11.CH3.2ClH.Zr/c2*1-6-3-4-7(2)5-6;1-2-4-6-5-3-1;;;;/h2*5H,3H2,1-2H3;1H,2-6H2;1H3;2*1H;/q4*-1;;;+4. The molecule has 0 N–H and O–H groups in total. The zero-order valence-electron chi connectivity index (χ0n) is 16.0. The van der Waals surface area contributed by atoms with E-state index in [1.807, 2.05) is 0 Å². The molecule has 136 valence electrons. The van der Waals surface area contributed by atoms with E-state index < -0.39 is 0 Å². The van der Waals surface area contributed by atoms with E-state index in [0.717, 1.165) is 12.8 Å². The van der Waals surface area contributed by atoms with Gasteiger partial charge in [0.1, 0.15) is 0 Å². The van der Waals surface area contributed by atoms with Gasteiger partial charge in [0.15, 0.2) is 0 Å². The van der Waals surface area contributed by atoms with E-state index in [0.29, 0.717) is 0 Å². The Labute approximate surface area is 183 Å². The molecule has 0 amide bonds. The second kappa shape index (κ2) is 19.7. The number of hydrogen-bond acceptors (Lipinski definition) is 0. The van der Waals surface area contributed by atoms with Gasteiger partial charge in [-0.1, -0.05) is 47.0 Å². The Morgan fingerprint density at radius 1 is 0.750 bits per heavy atom. The van der Waals surface area contributed by atoms with Gasteiger partial charge < -0.3 is 13.8 Å². The topological polar surface area (TPSA) is 0 Å². The van der Waals surface area contributed by atoms with Gasteiger partial charge in [-0.3, -0.25) is 12.2 Å². The summed E-state index contributed by atoms with van der Waals surface area (Å²) in [6.07, 6.45) is 22.3. The van der Waals surface area contributed by atoms with Crippen LogP contribution in [0.4, 0.5) is 0 Å². The average molecular weight is 449 g/mol. The van der Waals surface area contributed by atoms with Crippen molar-refractivity contribution in [3.05, 3.63) is 60.4 Å². The van der Waals surface area contributed by atoms with Gasteiger partial charge in [0, 0.05) is 0 Å². The van der Waals surface area contributed by atoms with Crippen LogP contribution in [0, 0.1) is 26.0 Å². The van der Waals surface area contributed by atoms with Crippen LogP contribution in [0.25, 0.3) is 0 Å². The summed E-state index contributed by atoms with van der Waals surface area (Å²) in [4.78, 5) is 0. The maximum atomic E-state index is 3.19. The monoisotopic (exact) mass is 446 g/mol. The molecule has 0 aliphatic heterocycles. The van der Waals surface area contributed by atoms with Crippen LogP contribution < -0.4 is 0 Å². The minimum Gasteiger partial charge on any atom is -0.358 e. The molecule has 0 atom stereocenters. The van der Waals surface area contributed by atoms with Gasteiger partial charge in [-0.25, -0.2) is 23.3 Å². The van der Waals surface area contributed by atoms with Gasteiger partial charge in [-0.15, -0.1) is 37.7 Å². The molecule has 1 fully saturated rings. The fraction of sp³-hybridized carbons (Fsp3) is 0.524. The van der Waals surface area contributed by atoms with Gasteiger partial charge in [0.25, 0.3) is 0 Å². The molecule has 0 spiro atoms. The van der Waals surface area contributed by atoms with E-state index in [4.69, 9.17) is 0 Å². The van der Waals surface area contributed by atoms with Crippen LogP contribution in [-0.2, 0) is 26.2 Å². The fourth-order valence-corrected chi connectivity index (χ4v) is 2.40. The third kappa shape index (κ3) is 17.3. The molecule has 0 saturated heterocycles. The van der Waals surface area contributed by atoms with E-state index in [2.05, 4.69) is 58.4 Å². The molecule has 1 saturated carbocycles. The maximum absolute atomic E-state index is 3.19. The quantitative estimate of drug-likeness (QED) is 0.334. The first kappa shape index (κ1) is 32.1. The summed E-state index contributed by atoms with van der Waals surface area (Å²) < 4.78 is 0. The number of halogens is 2. The molecule has 0 heterocycles. The summed E-state index contributed by atoms with van der Waals surface area (Å²) in [5.41, 5.74) is 5.44. The van der Waals surface area contributed by atoms with Crippen LogP contribution in [0.15, 0.2) is 34.4 Å². The Hall–Kier alpha value is 0.423. The van der Waals surface area contributed by atoms with Crippen LogP contribution in [0.3, 0.4) is 0 Å². The van der Waals surface area contributed by atoms with E-state index in [1.54, 1.807) is 0 Å². The SMILES string of the molecule is CC1=[C-]CC(C)=C1.CC1=[C-]CC(C)=C1.Cl.Cl.[CH-]1CCCCC1.[CH3-].[Zr+4]. The second-order valence-electron chi connectivity index (χ2n) is 5.98. The summed E-state index contributed by atoms with van der Waals surface area (Å²) >= 11 is 0. The molecule has 0 aromatic rings. The fourth-order valence-electron chi connectivity index (χ4n) is 2.40. The van der Waals surface area contributed by atoms with Crippen molar-refractivity contribution in [1.82, 2.24) is 0 Å². The Balaban J connectivity index is -0.000000116. The molecule has 24 heavy (non-hydrogen) atoms. The molecule has 0 bridgehead atoms. The summed E-state index contributed by atoms with van der Waals surface area (Å²) in [6.45, 7) is 8.42. The largest absolute Gasteiger partial charge is 4.00 e. The van der Waals surface area contributed by atoms with E-state index >= 15 is 0 Å². The Kier molecular flexibility index (Phi) is 26.4. The molecule has 0 aromatic heterocycles. The number of rotatable bonds is 0. The number of allylic oxidation sites excluding steroid dienone is 8. The Bertz CT molecular complexity index is 368. The van der Waals surface area contributed by atoms with Crippen LogP contribution in [0.1, 0.15) is 72.6 Å². The van der Waals surface area contributed by atoms with Crippen LogP contribution >= 0.6 is 24.8 Å². The van der Waals surface area contributed by atoms with Gasteiger partial charge >= 0.3 is 26.2 Å². The van der Waals surface area contributed by atoms with Gasteiger partial charge in [-0.05, 0) is 0 Å². The molecule has 3 aliphatic rings. The van der Waals surface area contributed by atoms with Crippen molar-refractivity contribution in [2.75, 3.05) is 0 Å². The molecule has 0 radical (unpaired) electrons. The number of hydrogen-bond donors (Lipinski definition) is 0. The summed E-state index contributed by atoms with van der Waals surface area (Å²) in [5, 5.41) is 0. The second-order valence-corrected chi connectivity index (χ2v) is 5.98. The third-order valence-corrected chi connectivity index (χ3v) is 3.53. The smallest absolute Gasteiger partial charge is 0.358 e. The first-order chi connectivity index (χ1) is 9.58. The summed E-state index contributed by atoms with van der Waals surface area (Å²) in [5.74, 6) is 0. The molecular weight excluding hydrogens is 414 g/mol. The first-order valence-corrected chi connectivity index (χ1v) is 7.89. The van der Waals surface area contributed by atoms with E-state index in [9.17, 15) is 0 Å². The summed E-state index contributed by atoms with van der Waals surface area (Å²) in [6, 6.07) is 0. The molecule has 0 nitrogen and oxygen atoms in total.